The highest BCUT2D eigenvalue weighted by Gasteiger charge is 2.12. The zero-order valence-corrected chi connectivity index (χ0v) is 12.9. The maximum Gasteiger partial charge on any atom is 0.196 e. The zero-order chi connectivity index (χ0) is 14.3. The number of rotatable bonds is 1. The van der Waals surface area contributed by atoms with Gasteiger partial charge in [-0.05, 0) is 49.0 Å². The second-order valence-electron chi connectivity index (χ2n) is 5.67. The first-order valence-electron chi connectivity index (χ1n) is 6.98. The molecule has 0 saturated heterocycles. The van der Waals surface area contributed by atoms with Gasteiger partial charge < -0.3 is 0 Å². The SMILES string of the molecule is Cc1cc(C)c2c(=O)c(C3=CCC(C)C=C3)csc2c1. The molecule has 1 nitrogen and oxygen atoms in total. The van der Waals surface area contributed by atoms with Crippen LogP contribution in [0.25, 0.3) is 15.7 Å². The molecule has 1 aliphatic rings. The third kappa shape index (κ3) is 2.25. The van der Waals surface area contributed by atoms with Gasteiger partial charge in [0, 0.05) is 21.0 Å². The van der Waals surface area contributed by atoms with E-state index in [0.717, 1.165) is 33.2 Å². The second kappa shape index (κ2) is 5.02. The maximum absolute atomic E-state index is 12.8. The first-order valence-corrected chi connectivity index (χ1v) is 7.85. The van der Waals surface area contributed by atoms with Crippen LogP contribution in [-0.2, 0) is 0 Å². The lowest BCUT2D eigenvalue weighted by molar-refractivity contribution is 0.739. The number of hydrogen-bond acceptors (Lipinski definition) is 2. The first kappa shape index (κ1) is 13.3. The van der Waals surface area contributed by atoms with Gasteiger partial charge in [0.05, 0.1) is 0 Å². The summed E-state index contributed by atoms with van der Waals surface area (Å²) < 4.78 is 1.09. The number of benzene rings is 1. The molecule has 0 spiro atoms. The summed E-state index contributed by atoms with van der Waals surface area (Å²) in [7, 11) is 0. The highest BCUT2D eigenvalue weighted by atomic mass is 32.1. The molecule has 0 fully saturated rings. The zero-order valence-electron chi connectivity index (χ0n) is 12.1. The summed E-state index contributed by atoms with van der Waals surface area (Å²) in [6, 6.07) is 4.19. The van der Waals surface area contributed by atoms with Crippen LogP contribution in [0.3, 0.4) is 0 Å². The second-order valence-corrected chi connectivity index (χ2v) is 6.58. The Morgan fingerprint density at radius 2 is 2.05 bits per heavy atom. The highest BCUT2D eigenvalue weighted by molar-refractivity contribution is 7.16. The van der Waals surface area contributed by atoms with E-state index in [1.807, 2.05) is 12.3 Å². The molecule has 1 aromatic carbocycles. The van der Waals surface area contributed by atoms with E-state index < -0.39 is 0 Å². The van der Waals surface area contributed by atoms with Gasteiger partial charge >= 0.3 is 0 Å². The summed E-state index contributed by atoms with van der Waals surface area (Å²) in [6.45, 7) is 6.30. The Hall–Kier alpha value is -1.67. The van der Waals surface area contributed by atoms with Gasteiger partial charge in [0.25, 0.3) is 0 Å². The summed E-state index contributed by atoms with van der Waals surface area (Å²) in [4.78, 5) is 12.8. The molecule has 3 rings (SSSR count). The molecule has 1 aliphatic carbocycles. The predicted molar refractivity (Wildman–Crippen MR) is 88.5 cm³/mol. The van der Waals surface area contributed by atoms with Crippen molar-refractivity contribution in [3.05, 3.63) is 62.7 Å². The van der Waals surface area contributed by atoms with E-state index in [2.05, 4.69) is 44.2 Å². The molecule has 0 radical (unpaired) electrons. The fourth-order valence-electron chi connectivity index (χ4n) is 2.75. The minimum absolute atomic E-state index is 0.168. The summed E-state index contributed by atoms with van der Waals surface area (Å²) in [5, 5.41) is 2.89. The van der Waals surface area contributed by atoms with Gasteiger partial charge in [-0.3, -0.25) is 4.79 Å². The van der Waals surface area contributed by atoms with Gasteiger partial charge in [-0.2, -0.15) is 0 Å². The van der Waals surface area contributed by atoms with Gasteiger partial charge in [0.2, 0.25) is 0 Å². The summed E-state index contributed by atoms with van der Waals surface area (Å²) in [5.74, 6) is 0.572. The van der Waals surface area contributed by atoms with Crippen molar-refractivity contribution in [2.24, 2.45) is 5.92 Å². The Morgan fingerprint density at radius 3 is 2.75 bits per heavy atom. The van der Waals surface area contributed by atoms with Gasteiger partial charge in [-0.1, -0.05) is 31.2 Å². The van der Waals surface area contributed by atoms with Crippen molar-refractivity contribution >= 4 is 27.0 Å². The Balaban J connectivity index is 2.23. The largest absolute Gasteiger partial charge is 0.288 e. The third-order valence-electron chi connectivity index (χ3n) is 3.84. The van der Waals surface area contributed by atoms with Crippen LogP contribution in [0.15, 0.2) is 40.5 Å². The van der Waals surface area contributed by atoms with Gasteiger partial charge in [0.15, 0.2) is 5.43 Å². The van der Waals surface area contributed by atoms with E-state index >= 15 is 0 Å². The molecule has 0 N–H and O–H groups in total. The molecular formula is C18H18OS. The molecule has 20 heavy (non-hydrogen) atoms. The Bertz CT molecular complexity index is 793. The maximum atomic E-state index is 12.8. The van der Waals surface area contributed by atoms with Crippen molar-refractivity contribution in [3.63, 3.8) is 0 Å². The van der Waals surface area contributed by atoms with Gasteiger partial charge in [-0.15, -0.1) is 11.3 Å². The van der Waals surface area contributed by atoms with Crippen LogP contribution in [0.1, 0.15) is 30.0 Å². The first-order chi connectivity index (χ1) is 9.56. The number of aryl methyl sites for hydroxylation is 2. The van der Waals surface area contributed by atoms with Crippen LogP contribution in [-0.4, -0.2) is 0 Å². The standard InChI is InChI=1S/C18H18OS/c1-11-4-6-14(7-5-11)15-10-20-16-9-12(2)8-13(3)17(16)18(15)19/h4,6-11H,5H2,1-3H3. The lowest BCUT2D eigenvalue weighted by atomic mass is 9.94. The molecule has 0 saturated carbocycles. The molecular weight excluding hydrogens is 264 g/mol. The molecule has 1 atom stereocenters. The smallest absolute Gasteiger partial charge is 0.196 e. The van der Waals surface area contributed by atoms with E-state index in [9.17, 15) is 4.79 Å². The molecule has 0 bridgehead atoms. The summed E-state index contributed by atoms with van der Waals surface area (Å²) in [5.41, 5.74) is 4.38. The van der Waals surface area contributed by atoms with Crippen LogP contribution >= 0.6 is 11.3 Å². The average molecular weight is 282 g/mol. The quantitative estimate of drug-likeness (QED) is 0.730. The summed E-state index contributed by atoms with van der Waals surface area (Å²) in [6.07, 6.45) is 7.48. The van der Waals surface area contributed by atoms with E-state index in [1.165, 1.54) is 5.56 Å². The van der Waals surface area contributed by atoms with Crippen LogP contribution < -0.4 is 5.43 Å². The molecule has 1 heterocycles. The molecule has 0 aliphatic heterocycles. The molecule has 1 aromatic heterocycles. The van der Waals surface area contributed by atoms with Crippen molar-refractivity contribution in [1.29, 1.82) is 0 Å². The lowest BCUT2D eigenvalue weighted by Crippen LogP contribution is -2.09. The van der Waals surface area contributed by atoms with E-state index in [4.69, 9.17) is 0 Å². The van der Waals surface area contributed by atoms with Crippen molar-refractivity contribution in [1.82, 2.24) is 0 Å². The fourth-order valence-corrected chi connectivity index (χ4v) is 3.86. The number of allylic oxidation sites excluding steroid dienone is 4. The van der Waals surface area contributed by atoms with Gasteiger partial charge in [-0.25, -0.2) is 0 Å². The average Bonchev–Trinajstić information content (AvgIpc) is 2.39. The molecule has 2 aromatic rings. The molecule has 102 valence electrons. The van der Waals surface area contributed by atoms with Crippen LogP contribution in [0.4, 0.5) is 0 Å². The third-order valence-corrected chi connectivity index (χ3v) is 4.77. The minimum atomic E-state index is 0.168. The lowest BCUT2D eigenvalue weighted by Gasteiger charge is -2.12. The topological polar surface area (TPSA) is 17.1 Å². The fraction of sp³-hybridized carbons (Fsp3) is 0.278. The Morgan fingerprint density at radius 1 is 1.25 bits per heavy atom. The Kier molecular flexibility index (Phi) is 3.35. The van der Waals surface area contributed by atoms with E-state index in [0.29, 0.717) is 5.92 Å². The monoisotopic (exact) mass is 282 g/mol. The van der Waals surface area contributed by atoms with Crippen molar-refractivity contribution < 1.29 is 0 Å². The normalized spacial score (nSPS) is 18.4. The molecule has 1 unspecified atom stereocenters. The summed E-state index contributed by atoms with van der Waals surface area (Å²) >= 11 is 1.67. The Labute approximate surface area is 123 Å². The van der Waals surface area contributed by atoms with Crippen LogP contribution in [0, 0.1) is 19.8 Å². The van der Waals surface area contributed by atoms with Crippen LogP contribution in [0.5, 0.6) is 0 Å². The molecule has 2 heteroatoms. The van der Waals surface area contributed by atoms with Crippen molar-refractivity contribution in [2.45, 2.75) is 27.2 Å². The highest BCUT2D eigenvalue weighted by Crippen LogP contribution is 2.27. The number of fused-ring (bicyclic) bond motifs is 1. The van der Waals surface area contributed by atoms with E-state index in [1.54, 1.807) is 11.3 Å². The predicted octanol–water partition coefficient (Wildman–Crippen LogP) is 4.86. The van der Waals surface area contributed by atoms with E-state index in [-0.39, 0.29) is 5.43 Å². The number of hydrogen-bond donors (Lipinski definition) is 0. The molecule has 0 amide bonds. The van der Waals surface area contributed by atoms with Gasteiger partial charge in [0.1, 0.15) is 0 Å². The minimum Gasteiger partial charge on any atom is -0.288 e. The van der Waals surface area contributed by atoms with Crippen molar-refractivity contribution in [2.75, 3.05) is 0 Å². The van der Waals surface area contributed by atoms with Crippen LogP contribution in [0.2, 0.25) is 0 Å². The van der Waals surface area contributed by atoms with Crippen molar-refractivity contribution in [3.8, 4) is 0 Å².